The highest BCUT2D eigenvalue weighted by Crippen LogP contribution is 2.19. The third-order valence-electron chi connectivity index (χ3n) is 5.32. The van der Waals surface area contributed by atoms with Gasteiger partial charge < -0.3 is 14.5 Å². The number of likely N-dealkylation sites (N-methyl/N-ethyl adjacent to an activating group) is 1. The summed E-state index contributed by atoms with van der Waals surface area (Å²) >= 11 is 0. The number of para-hydroxylation sites is 1. The summed E-state index contributed by atoms with van der Waals surface area (Å²) in [6.45, 7) is 5.07. The van der Waals surface area contributed by atoms with Gasteiger partial charge in [-0.15, -0.1) is 10.2 Å². The predicted octanol–water partition coefficient (Wildman–Crippen LogP) is 2.40. The molecule has 1 aromatic heterocycles. The number of hydrogen-bond donors (Lipinski definition) is 1. The van der Waals surface area contributed by atoms with Crippen molar-refractivity contribution in [2.75, 3.05) is 26.7 Å². The van der Waals surface area contributed by atoms with E-state index in [0.717, 1.165) is 43.8 Å². The van der Waals surface area contributed by atoms with Crippen LogP contribution in [-0.2, 0) is 24.1 Å². The quantitative estimate of drug-likeness (QED) is 0.675. The molecule has 7 heteroatoms. The molecule has 1 N–H and O–H groups in total. The first kappa shape index (κ1) is 20.3. The first-order valence-electron chi connectivity index (χ1n) is 10.1. The van der Waals surface area contributed by atoms with Crippen LogP contribution in [0.4, 0.5) is 0 Å². The number of carbonyl (C=O) groups excluding carboxylic acids is 1. The molecule has 1 aliphatic rings. The molecule has 2 aromatic rings. The predicted molar refractivity (Wildman–Crippen MR) is 106 cm³/mol. The smallest absolute Gasteiger partial charge is 0.220 e. The molecule has 152 valence electrons. The number of nitrogens with zero attached hydrogens (tertiary/aromatic N) is 3. The third kappa shape index (κ3) is 5.55. The number of ether oxygens (including phenoxy) is 1. The van der Waals surface area contributed by atoms with Crippen LogP contribution in [0, 0.1) is 0 Å². The van der Waals surface area contributed by atoms with E-state index in [1.807, 2.05) is 24.3 Å². The summed E-state index contributed by atoms with van der Waals surface area (Å²) in [6.07, 6.45) is 4.62. The van der Waals surface area contributed by atoms with Crippen molar-refractivity contribution >= 4 is 5.91 Å². The Hall–Kier alpha value is -2.41. The van der Waals surface area contributed by atoms with Crippen molar-refractivity contribution in [1.82, 2.24) is 20.4 Å². The summed E-state index contributed by atoms with van der Waals surface area (Å²) in [4.78, 5) is 14.5. The van der Waals surface area contributed by atoms with E-state index >= 15 is 0 Å². The van der Waals surface area contributed by atoms with Crippen molar-refractivity contribution in [2.24, 2.45) is 0 Å². The normalized spacial score (nSPS) is 17.0. The Kier molecular flexibility index (Phi) is 7.42. The maximum atomic E-state index is 12.1. The van der Waals surface area contributed by atoms with E-state index < -0.39 is 0 Å². The highest BCUT2D eigenvalue weighted by Gasteiger charge is 2.23. The zero-order valence-corrected chi connectivity index (χ0v) is 16.8. The summed E-state index contributed by atoms with van der Waals surface area (Å²) in [7, 11) is 1.67. The Morgan fingerprint density at radius 3 is 2.82 bits per heavy atom. The van der Waals surface area contributed by atoms with Gasteiger partial charge in [0.05, 0.1) is 7.11 Å². The summed E-state index contributed by atoms with van der Waals surface area (Å²) < 4.78 is 11.1. The number of hydrogen-bond acceptors (Lipinski definition) is 6. The van der Waals surface area contributed by atoms with Gasteiger partial charge in [0.15, 0.2) is 0 Å². The number of methoxy groups -OCH3 is 1. The molecule has 3 rings (SSSR count). The Labute approximate surface area is 166 Å². The average molecular weight is 386 g/mol. The second kappa shape index (κ2) is 10.2. The van der Waals surface area contributed by atoms with E-state index in [-0.39, 0.29) is 5.91 Å². The van der Waals surface area contributed by atoms with Crippen molar-refractivity contribution in [2.45, 2.75) is 51.5 Å². The second-order valence-corrected chi connectivity index (χ2v) is 7.13. The monoisotopic (exact) mass is 386 g/mol. The van der Waals surface area contributed by atoms with Gasteiger partial charge in [0.2, 0.25) is 17.7 Å². The molecule has 1 fully saturated rings. The van der Waals surface area contributed by atoms with Gasteiger partial charge >= 0.3 is 0 Å². The number of nitrogens with one attached hydrogen (secondary N) is 1. The minimum absolute atomic E-state index is 0.0386. The van der Waals surface area contributed by atoms with Crippen molar-refractivity contribution in [3.63, 3.8) is 0 Å². The van der Waals surface area contributed by atoms with Crippen LogP contribution in [0.15, 0.2) is 28.7 Å². The summed E-state index contributed by atoms with van der Waals surface area (Å²) in [5.41, 5.74) is 1.11. The lowest BCUT2D eigenvalue weighted by molar-refractivity contribution is -0.121. The van der Waals surface area contributed by atoms with Gasteiger partial charge in [-0.1, -0.05) is 25.1 Å². The molecule has 1 amide bonds. The highest BCUT2D eigenvalue weighted by atomic mass is 16.5. The lowest BCUT2D eigenvalue weighted by Crippen LogP contribution is -2.40. The molecule has 0 bridgehead atoms. The van der Waals surface area contributed by atoms with Gasteiger partial charge in [-0.05, 0) is 44.0 Å². The van der Waals surface area contributed by atoms with Crippen LogP contribution in [0.2, 0.25) is 0 Å². The molecule has 1 atom stereocenters. The van der Waals surface area contributed by atoms with Gasteiger partial charge in [0.1, 0.15) is 5.75 Å². The number of aromatic nitrogens is 2. The molecule has 28 heavy (non-hydrogen) atoms. The molecule has 0 spiro atoms. The van der Waals surface area contributed by atoms with E-state index in [9.17, 15) is 4.79 Å². The number of carbonyl (C=O) groups is 1. The van der Waals surface area contributed by atoms with E-state index in [1.165, 1.54) is 6.42 Å². The number of aryl methyl sites for hydroxylation is 3. The van der Waals surface area contributed by atoms with E-state index in [4.69, 9.17) is 9.15 Å². The SMILES string of the molecule is CCN1CCC[C@H]1CNC(=O)CCc1nnc(CCc2ccccc2OC)o1. The zero-order chi connectivity index (χ0) is 19.8. The summed E-state index contributed by atoms with van der Waals surface area (Å²) in [6, 6.07) is 8.38. The standard InChI is InChI=1S/C21H30N4O3/c1-3-25-14-6-8-17(25)15-22-19(26)11-13-21-24-23-20(28-21)12-10-16-7-4-5-9-18(16)27-2/h4-5,7,9,17H,3,6,8,10-15H2,1-2H3,(H,22,26)/t17-/m0/s1. The second-order valence-electron chi connectivity index (χ2n) is 7.13. The fourth-order valence-electron chi connectivity index (χ4n) is 3.72. The number of rotatable bonds is 10. The minimum atomic E-state index is 0.0386. The Morgan fingerprint density at radius 2 is 2.04 bits per heavy atom. The van der Waals surface area contributed by atoms with Crippen molar-refractivity contribution in [3.05, 3.63) is 41.6 Å². The largest absolute Gasteiger partial charge is 0.496 e. The summed E-state index contributed by atoms with van der Waals surface area (Å²) in [5.74, 6) is 2.01. The van der Waals surface area contributed by atoms with Crippen LogP contribution in [-0.4, -0.2) is 53.8 Å². The molecule has 7 nitrogen and oxygen atoms in total. The highest BCUT2D eigenvalue weighted by molar-refractivity contribution is 5.76. The van der Waals surface area contributed by atoms with E-state index in [1.54, 1.807) is 7.11 Å². The maximum Gasteiger partial charge on any atom is 0.220 e. The number of likely N-dealkylation sites (tertiary alicyclic amines) is 1. The zero-order valence-electron chi connectivity index (χ0n) is 16.8. The van der Waals surface area contributed by atoms with Crippen molar-refractivity contribution in [1.29, 1.82) is 0 Å². The fourth-order valence-corrected chi connectivity index (χ4v) is 3.72. The molecule has 0 aliphatic carbocycles. The molecule has 2 heterocycles. The molecule has 0 saturated carbocycles. The van der Waals surface area contributed by atoms with Gasteiger partial charge in [-0.25, -0.2) is 0 Å². The van der Waals surface area contributed by atoms with E-state index in [2.05, 4.69) is 27.3 Å². The third-order valence-corrected chi connectivity index (χ3v) is 5.32. The lowest BCUT2D eigenvalue weighted by Gasteiger charge is -2.22. The Bertz CT molecular complexity index is 762. The first-order chi connectivity index (χ1) is 13.7. The maximum absolute atomic E-state index is 12.1. The van der Waals surface area contributed by atoms with Gasteiger partial charge in [-0.2, -0.15) is 0 Å². The first-order valence-corrected chi connectivity index (χ1v) is 10.1. The van der Waals surface area contributed by atoms with Crippen LogP contribution >= 0.6 is 0 Å². The fraction of sp³-hybridized carbons (Fsp3) is 0.571. The molecular weight excluding hydrogens is 356 g/mol. The number of amides is 1. The van der Waals surface area contributed by atoms with Crippen LogP contribution in [0.25, 0.3) is 0 Å². The Morgan fingerprint density at radius 1 is 1.25 bits per heavy atom. The van der Waals surface area contributed by atoms with Gasteiger partial charge in [0.25, 0.3) is 0 Å². The lowest BCUT2D eigenvalue weighted by atomic mass is 10.1. The minimum Gasteiger partial charge on any atom is -0.496 e. The van der Waals surface area contributed by atoms with Crippen molar-refractivity contribution in [3.8, 4) is 5.75 Å². The Balaban J connectivity index is 1.40. The molecule has 1 saturated heterocycles. The summed E-state index contributed by atoms with van der Waals surface area (Å²) in [5, 5.41) is 11.2. The van der Waals surface area contributed by atoms with Crippen molar-refractivity contribution < 1.29 is 13.9 Å². The van der Waals surface area contributed by atoms with Crippen LogP contribution < -0.4 is 10.1 Å². The van der Waals surface area contributed by atoms with Crippen LogP contribution in [0.1, 0.15) is 43.5 Å². The van der Waals surface area contributed by atoms with E-state index in [0.29, 0.717) is 37.1 Å². The molecule has 0 unspecified atom stereocenters. The molecule has 1 aliphatic heterocycles. The molecular formula is C21H30N4O3. The van der Waals surface area contributed by atoms with Crippen LogP contribution in [0.3, 0.4) is 0 Å². The average Bonchev–Trinajstić information content (AvgIpc) is 3.38. The number of benzene rings is 1. The van der Waals surface area contributed by atoms with Gasteiger partial charge in [0, 0.05) is 31.8 Å². The van der Waals surface area contributed by atoms with Crippen LogP contribution in [0.5, 0.6) is 5.75 Å². The van der Waals surface area contributed by atoms with Gasteiger partial charge in [-0.3, -0.25) is 9.69 Å². The molecule has 1 aromatic carbocycles. The topological polar surface area (TPSA) is 80.5 Å². The molecule has 0 radical (unpaired) electrons.